The third-order valence-corrected chi connectivity index (χ3v) is 6.96. The number of nitrogens with zero attached hydrogens (tertiary/aromatic N) is 1. The molecule has 1 fully saturated rings. The molecular weight excluding hydrogens is 384 g/mol. The van der Waals surface area contributed by atoms with Gasteiger partial charge in [0.25, 0.3) is 0 Å². The Hall–Kier alpha value is -2.05. The lowest BCUT2D eigenvalue weighted by molar-refractivity contribution is 0.407. The zero-order valence-corrected chi connectivity index (χ0v) is 18.6. The summed E-state index contributed by atoms with van der Waals surface area (Å²) in [5.41, 5.74) is 3.04. The number of rotatable bonds is 7. The van der Waals surface area contributed by atoms with Gasteiger partial charge in [-0.15, -0.1) is 0 Å². The van der Waals surface area contributed by atoms with Crippen LogP contribution in [0.1, 0.15) is 50.7 Å². The molecule has 2 aromatic rings. The largest absolute Gasteiger partial charge is 0.496 e. The fourth-order valence-corrected chi connectivity index (χ4v) is 4.89. The van der Waals surface area contributed by atoms with Crippen molar-refractivity contribution in [2.45, 2.75) is 51.0 Å². The van der Waals surface area contributed by atoms with Gasteiger partial charge in [0.1, 0.15) is 5.75 Å². The van der Waals surface area contributed by atoms with E-state index in [2.05, 4.69) is 28.7 Å². The van der Waals surface area contributed by atoms with Gasteiger partial charge in [0.15, 0.2) is 0 Å². The lowest BCUT2D eigenvalue weighted by Gasteiger charge is -2.32. The van der Waals surface area contributed by atoms with Crippen molar-refractivity contribution in [3.05, 3.63) is 53.6 Å². The standard InChI is InChI=1S/C23H32N2O3S/c1-17(2)22-14-21(11-12-23(22)28-4)29(26,27)24-15-19-7-9-20(10-8-19)25-13-5-6-18(3)16-25/h7-12,14,17-18,24H,5-6,13,15-16H2,1-4H3/t18-/m0/s1. The lowest BCUT2D eigenvalue weighted by Crippen LogP contribution is -2.34. The second-order valence-electron chi connectivity index (χ2n) is 8.24. The molecule has 1 N–H and O–H groups in total. The molecule has 1 saturated heterocycles. The van der Waals surface area contributed by atoms with Crippen LogP contribution >= 0.6 is 0 Å². The summed E-state index contributed by atoms with van der Waals surface area (Å²) in [5, 5.41) is 0. The summed E-state index contributed by atoms with van der Waals surface area (Å²) >= 11 is 0. The van der Waals surface area contributed by atoms with Gasteiger partial charge in [-0.2, -0.15) is 0 Å². The molecule has 0 radical (unpaired) electrons. The van der Waals surface area contributed by atoms with Crippen LogP contribution in [0.15, 0.2) is 47.4 Å². The molecule has 0 saturated carbocycles. The molecule has 29 heavy (non-hydrogen) atoms. The number of ether oxygens (including phenoxy) is 1. The molecule has 0 bridgehead atoms. The van der Waals surface area contributed by atoms with E-state index in [1.165, 1.54) is 18.5 Å². The van der Waals surface area contributed by atoms with Crippen molar-refractivity contribution in [3.8, 4) is 5.75 Å². The molecule has 6 heteroatoms. The van der Waals surface area contributed by atoms with E-state index >= 15 is 0 Å². The Morgan fingerprint density at radius 3 is 2.52 bits per heavy atom. The smallest absolute Gasteiger partial charge is 0.240 e. The van der Waals surface area contributed by atoms with Gasteiger partial charge in [-0.1, -0.05) is 32.9 Å². The van der Waals surface area contributed by atoms with Crippen LogP contribution in [0.3, 0.4) is 0 Å². The van der Waals surface area contributed by atoms with Gasteiger partial charge in [-0.05, 0) is 66.1 Å². The molecule has 2 aromatic carbocycles. The van der Waals surface area contributed by atoms with Gasteiger partial charge in [0.2, 0.25) is 10.0 Å². The van der Waals surface area contributed by atoms with E-state index in [0.717, 1.165) is 30.1 Å². The number of hydrogen-bond acceptors (Lipinski definition) is 4. The van der Waals surface area contributed by atoms with Crippen LogP contribution in [-0.4, -0.2) is 28.6 Å². The fourth-order valence-electron chi connectivity index (χ4n) is 3.84. The molecule has 0 aromatic heterocycles. The van der Waals surface area contributed by atoms with E-state index in [4.69, 9.17) is 4.74 Å². The minimum Gasteiger partial charge on any atom is -0.496 e. The third-order valence-electron chi connectivity index (χ3n) is 5.56. The van der Waals surface area contributed by atoms with Crippen LogP contribution in [0.4, 0.5) is 5.69 Å². The second-order valence-corrected chi connectivity index (χ2v) is 10.0. The van der Waals surface area contributed by atoms with Crippen molar-refractivity contribution in [2.75, 3.05) is 25.1 Å². The summed E-state index contributed by atoms with van der Waals surface area (Å²) in [4.78, 5) is 2.67. The maximum absolute atomic E-state index is 12.8. The summed E-state index contributed by atoms with van der Waals surface area (Å²) in [6.45, 7) is 8.77. The van der Waals surface area contributed by atoms with Crippen LogP contribution in [0.2, 0.25) is 0 Å². The van der Waals surface area contributed by atoms with Crippen molar-refractivity contribution in [2.24, 2.45) is 5.92 Å². The average Bonchev–Trinajstić information content (AvgIpc) is 2.72. The van der Waals surface area contributed by atoms with Crippen molar-refractivity contribution < 1.29 is 13.2 Å². The number of anilines is 1. The highest BCUT2D eigenvalue weighted by atomic mass is 32.2. The normalized spacial score (nSPS) is 17.6. The average molecular weight is 417 g/mol. The van der Waals surface area contributed by atoms with Crippen LogP contribution in [-0.2, 0) is 16.6 Å². The van der Waals surface area contributed by atoms with E-state index in [1.807, 2.05) is 26.0 Å². The topological polar surface area (TPSA) is 58.6 Å². The first-order chi connectivity index (χ1) is 13.8. The summed E-state index contributed by atoms with van der Waals surface area (Å²) in [7, 11) is -1.99. The minimum absolute atomic E-state index is 0.171. The van der Waals surface area contributed by atoms with Gasteiger partial charge >= 0.3 is 0 Å². The van der Waals surface area contributed by atoms with Crippen molar-refractivity contribution in [1.29, 1.82) is 0 Å². The Kier molecular flexibility index (Phi) is 6.85. The molecule has 1 heterocycles. The number of piperidine rings is 1. The Morgan fingerprint density at radius 2 is 1.90 bits per heavy atom. The molecule has 0 spiro atoms. The highest BCUT2D eigenvalue weighted by Crippen LogP contribution is 2.29. The van der Waals surface area contributed by atoms with Crippen molar-refractivity contribution in [1.82, 2.24) is 4.72 Å². The number of hydrogen-bond donors (Lipinski definition) is 1. The van der Waals surface area contributed by atoms with Gasteiger partial charge < -0.3 is 9.64 Å². The number of methoxy groups -OCH3 is 1. The van der Waals surface area contributed by atoms with E-state index in [9.17, 15) is 8.42 Å². The molecule has 0 unspecified atom stereocenters. The molecule has 5 nitrogen and oxygen atoms in total. The lowest BCUT2D eigenvalue weighted by atomic mass is 9.99. The minimum atomic E-state index is -3.59. The van der Waals surface area contributed by atoms with Gasteiger partial charge in [-0.25, -0.2) is 13.1 Å². The molecule has 1 aliphatic heterocycles. The third kappa shape index (κ3) is 5.31. The van der Waals surface area contributed by atoms with Crippen LogP contribution in [0.25, 0.3) is 0 Å². The second kappa shape index (κ2) is 9.18. The van der Waals surface area contributed by atoms with Crippen LogP contribution in [0, 0.1) is 5.92 Å². The summed E-state index contributed by atoms with van der Waals surface area (Å²) in [5.74, 6) is 1.60. The van der Waals surface area contributed by atoms with Gasteiger partial charge in [-0.3, -0.25) is 0 Å². The number of benzene rings is 2. The van der Waals surface area contributed by atoms with Gasteiger partial charge in [0.05, 0.1) is 12.0 Å². The van der Waals surface area contributed by atoms with Crippen LogP contribution in [0.5, 0.6) is 5.75 Å². The fraction of sp³-hybridized carbons (Fsp3) is 0.478. The number of sulfonamides is 1. The zero-order chi connectivity index (χ0) is 21.0. The first-order valence-electron chi connectivity index (χ1n) is 10.3. The maximum Gasteiger partial charge on any atom is 0.240 e. The van der Waals surface area contributed by atoms with E-state index in [0.29, 0.717) is 5.75 Å². The molecule has 0 amide bonds. The van der Waals surface area contributed by atoms with E-state index in [1.54, 1.807) is 25.3 Å². The van der Waals surface area contributed by atoms with E-state index < -0.39 is 10.0 Å². The molecule has 158 valence electrons. The summed E-state index contributed by atoms with van der Waals surface area (Å²) in [6, 6.07) is 13.2. The highest BCUT2D eigenvalue weighted by molar-refractivity contribution is 7.89. The molecule has 3 rings (SSSR count). The van der Waals surface area contributed by atoms with E-state index in [-0.39, 0.29) is 17.4 Å². The first-order valence-corrected chi connectivity index (χ1v) is 11.8. The van der Waals surface area contributed by atoms with Crippen molar-refractivity contribution >= 4 is 15.7 Å². The summed E-state index contributed by atoms with van der Waals surface area (Å²) < 4.78 is 33.6. The molecular formula is C23H32N2O3S. The molecule has 0 aliphatic carbocycles. The maximum atomic E-state index is 12.8. The molecule has 1 aliphatic rings. The Morgan fingerprint density at radius 1 is 1.17 bits per heavy atom. The van der Waals surface area contributed by atoms with Crippen molar-refractivity contribution in [3.63, 3.8) is 0 Å². The first kappa shape index (κ1) is 21.7. The Balaban J connectivity index is 1.68. The highest BCUT2D eigenvalue weighted by Gasteiger charge is 2.19. The zero-order valence-electron chi connectivity index (χ0n) is 17.8. The Bertz CT molecular complexity index is 924. The van der Waals surface area contributed by atoms with Gasteiger partial charge in [0, 0.05) is 25.3 Å². The number of nitrogens with one attached hydrogen (secondary N) is 1. The predicted molar refractivity (Wildman–Crippen MR) is 118 cm³/mol. The summed E-state index contributed by atoms with van der Waals surface area (Å²) in [6.07, 6.45) is 2.52. The SMILES string of the molecule is COc1ccc(S(=O)(=O)NCc2ccc(N3CCC[C@H](C)C3)cc2)cc1C(C)C. The monoisotopic (exact) mass is 416 g/mol. The van der Waals surface area contributed by atoms with Crippen LogP contribution < -0.4 is 14.4 Å². The Labute approximate surface area is 175 Å². The predicted octanol–water partition coefficient (Wildman–Crippen LogP) is 4.53. The molecule has 1 atom stereocenters. The quantitative estimate of drug-likeness (QED) is 0.720.